The van der Waals surface area contributed by atoms with E-state index in [-0.39, 0.29) is 51.3 Å². The van der Waals surface area contributed by atoms with Crippen LogP contribution in [0.15, 0.2) is 23.8 Å². The highest BCUT2D eigenvalue weighted by molar-refractivity contribution is 6.34. The number of allylic oxidation sites excluding steroid dienone is 2. The molecule has 1 aliphatic rings. The molecule has 1 aliphatic heterocycles. The van der Waals surface area contributed by atoms with E-state index >= 15 is 0 Å². The molecule has 0 spiro atoms. The Hall–Kier alpha value is -2.66. The molecule has 0 saturated carbocycles. The van der Waals surface area contributed by atoms with E-state index in [1.165, 1.54) is 12.1 Å². The number of ether oxygens (including phenoxy) is 1. The van der Waals surface area contributed by atoms with Crippen molar-refractivity contribution in [3.8, 4) is 23.0 Å². The van der Waals surface area contributed by atoms with E-state index in [9.17, 15) is 20.1 Å². The number of halogens is 1. The van der Waals surface area contributed by atoms with Crippen molar-refractivity contribution in [1.29, 1.82) is 0 Å². The number of phenols is 3. The van der Waals surface area contributed by atoms with E-state index in [1.807, 2.05) is 19.9 Å². The molecule has 0 fully saturated rings. The minimum atomic E-state index is -0.546. The van der Waals surface area contributed by atoms with Crippen molar-refractivity contribution in [3.63, 3.8) is 0 Å². The molecule has 6 heteroatoms. The Morgan fingerprint density at radius 2 is 1.85 bits per heavy atom. The normalized spacial score (nSPS) is 12.7. The van der Waals surface area contributed by atoms with E-state index in [0.29, 0.717) is 17.5 Å². The SMILES string of the molecule is CC(C)=CCc1c(O)cc(O)c2c1C(=O)c1c(O)cc(C)c(Cl)c1OC2. The molecule has 2 aromatic carbocycles. The number of fused-ring (bicyclic) bond motifs is 2. The van der Waals surface area contributed by atoms with E-state index in [0.717, 1.165) is 5.57 Å². The highest BCUT2D eigenvalue weighted by Crippen LogP contribution is 2.45. The van der Waals surface area contributed by atoms with Crippen molar-refractivity contribution >= 4 is 17.4 Å². The lowest BCUT2D eigenvalue weighted by molar-refractivity contribution is 0.103. The van der Waals surface area contributed by atoms with Gasteiger partial charge in [0.25, 0.3) is 0 Å². The summed E-state index contributed by atoms with van der Waals surface area (Å²) in [6.45, 7) is 5.40. The Morgan fingerprint density at radius 1 is 1.15 bits per heavy atom. The van der Waals surface area contributed by atoms with Gasteiger partial charge in [0.15, 0.2) is 5.75 Å². The van der Waals surface area contributed by atoms with Crippen molar-refractivity contribution < 1.29 is 24.9 Å². The summed E-state index contributed by atoms with van der Waals surface area (Å²) in [6.07, 6.45) is 2.17. The maximum atomic E-state index is 13.2. The first-order valence-corrected chi connectivity index (χ1v) is 8.49. The van der Waals surface area contributed by atoms with Gasteiger partial charge in [-0.2, -0.15) is 0 Å². The standard InChI is InChI=1S/C20H19ClO5/c1-9(2)4-5-11-13(22)7-14(23)12-8-26-20-17(19(25)16(11)12)15(24)6-10(3)18(20)21/h4,6-7,22-24H,5,8H2,1-3H3. The van der Waals surface area contributed by atoms with Crippen LogP contribution in [-0.2, 0) is 13.0 Å². The predicted molar refractivity (Wildman–Crippen MR) is 98.5 cm³/mol. The van der Waals surface area contributed by atoms with Crippen molar-refractivity contribution in [2.45, 2.75) is 33.8 Å². The van der Waals surface area contributed by atoms with Gasteiger partial charge in [-0.25, -0.2) is 0 Å². The van der Waals surface area contributed by atoms with Crippen LogP contribution in [0.1, 0.15) is 46.5 Å². The van der Waals surface area contributed by atoms with Crippen LogP contribution in [0.25, 0.3) is 0 Å². The van der Waals surface area contributed by atoms with Gasteiger partial charge in [-0.05, 0) is 38.8 Å². The Kier molecular flexibility index (Phi) is 4.59. The highest BCUT2D eigenvalue weighted by Gasteiger charge is 2.32. The summed E-state index contributed by atoms with van der Waals surface area (Å²) in [5.41, 5.74) is 2.28. The molecule has 0 amide bonds. The maximum Gasteiger partial charge on any atom is 0.201 e. The van der Waals surface area contributed by atoms with Crippen LogP contribution in [0.5, 0.6) is 23.0 Å². The number of aryl methyl sites for hydroxylation is 1. The molecule has 26 heavy (non-hydrogen) atoms. The number of phenolic OH excluding ortho intramolecular Hbond substituents is 3. The summed E-state index contributed by atoms with van der Waals surface area (Å²) in [6, 6.07) is 2.60. The quantitative estimate of drug-likeness (QED) is 0.678. The summed E-state index contributed by atoms with van der Waals surface area (Å²) in [5.74, 6) is -1.15. The van der Waals surface area contributed by atoms with Gasteiger partial charge in [-0.3, -0.25) is 4.79 Å². The fourth-order valence-electron chi connectivity index (χ4n) is 3.05. The Labute approximate surface area is 156 Å². The molecule has 2 aromatic rings. The average Bonchev–Trinajstić information content (AvgIpc) is 2.70. The molecule has 3 N–H and O–H groups in total. The maximum absolute atomic E-state index is 13.2. The molecule has 3 rings (SSSR count). The second-order valence-corrected chi connectivity index (χ2v) is 6.96. The molecule has 1 heterocycles. The van der Waals surface area contributed by atoms with Crippen LogP contribution < -0.4 is 4.74 Å². The number of ketones is 1. The van der Waals surface area contributed by atoms with Gasteiger partial charge in [0, 0.05) is 22.8 Å². The highest BCUT2D eigenvalue weighted by atomic mass is 35.5. The van der Waals surface area contributed by atoms with Crippen LogP contribution in [0.2, 0.25) is 5.02 Å². The average molecular weight is 375 g/mol. The number of carbonyl (C=O) groups is 1. The number of hydrogen-bond donors (Lipinski definition) is 3. The number of rotatable bonds is 2. The first-order valence-electron chi connectivity index (χ1n) is 8.12. The Balaban J connectivity index is 2.31. The molecule has 136 valence electrons. The van der Waals surface area contributed by atoms with Gasteiger partial charge in [0.2, 0.25) is 5.78 Å². The topological polar surface area (TPSA) is 87.0 Å². The summed E-state index contributed by atoms with van der Waals surface area (Å²) in [4.78, 5) is 13.2. The lowest BCUT2D eigenvalue weighted by Gasteiger charge is -2.14. The van der Waals surface area contributed by atoms with Crippen LogP contribution >= 0.6 is 11.6 Å². The van der Waals surface area contributed by atoms with Crippen LogP contribution in [0, 0.1) is 6.92 Å². The van der Waals surface area contributed by atoms with E-state index in [4.69, 9.17) is 16.3 Å². The zero-order chi connectivity index (χ0) is 19.2. The van der Waals surface area contributed by atoms with E-state index < -0.39 is 5.78 Å². The predicted octanol–water partition coefficient (Wildman–Crippen LogP) is 4.40. The number of aromatic hydroxyl groups is 3. The third-order valence-electron chi connectivity index (χ3n) is 4.41. The number of hydrogen-bond acceptors (Lipinski definition) is 5. The molecule has 0 saturated heterocycles. The second-order valence-electron chi connectivity index (χ2n) is 6.58. The summed E-state index contributed by atoms with van der Waals surface area (Å²) in [7, 11) is 0. The summed E-state index contributed by atoms with van der Waals surface area (Å²) < 4.78 is 5.67. The van der Waals surface area contributed by atoms with Gasteiger partial charge in [-0.1, -0.05) is 23.3 Å². The van der Waals surface area contributed by atoms with Gasteiger partial charge >= 0.3 is 0 Å². The fraction of sp³-hybridized carbons (Fsp3) is 0.250. The van der Waals surface area contributed by atoms with Crippen molar-refractivity contribution in [2.24, 2.45) is 0 Å². The van der Waals surface area contributed by atoms with Crippen LogP contribution in [0.4, 0.5) is 0 Å². The van der Waals surface area contributed by atoms with Gasteiger partial charge in [0.05, 0.1) is 5.02 Å². The van der Waals surface area contributed by atoms with E-state index in [2.05, 4.69) is 0 Å². The molecule has 0 aliphatic carbocycles. The van der Waals surface area contributed by atoms with Crippen LogP contribution in [-0.4, -0.2) is 21.1 Å². The first-order chi connectivity index (χ1) is 12.2. The van der Waals surface area contributed by atoms with Gasteiger partial charge < -0.3 is 20.1 Å². The van der Waals surface area contributed by atoms with Crippen molar-refractivity contribution in [1.82, 2.24) is 0 Å². The van der Waals surface area contributed by atoms with Gasteiger partial charge in [0.1, 0.15) is 29.4 Å². The Morgan fingerprint density at radius 3 is 2.50 bits per heavy atom. The summed E-state index contributed by atoms with van der Waals surface area (Å²) >= 11 is 6.27. The van der Waals surface area contributed by atoms with E-state index in [1.54, 1.807) is 6.92 Å². The molecular formula is C20H19ClO5. The monoisotopic (exact) mass is 374 g/mol. The third-order valence-corrected chi connectivity index (χ3v) is 4.88. The molecule has 0 atom stereocenters. The minimum Gasteiger partial charge on any atom is -0.507 e. The molecule has 0 aromatic heterocycles. The number of benzene rings is 2. The lowest BCUT2D eigenvalue weighted by atomic mass is 9.90. The molecule has 0 bridgehead atoms. The van der Waals surface area contributed by atoms with Gasteiger partial charge in [-0.15, -0.1) is 0 Å². The zero-order valence-electron chi connectivity index (χ0n) is 14.7. The molecule has 0 unspecified atom stereocenters. The number of carbonyl (C=O) groups excluding carboxylic acids is 1. The fourth-order valence-corrected chi connectivity index (χ4v) is 3.25. The first kappa shape index (κ1) is 18.1. The zero-order valence-corrected chi connectivity index (χ0v) is 15.4. The summed E-state index contributed by atoms with van der Waals surface area (Å²) in [5, 5.41) is 31.1. The molecular weight excluding hydrogens is 356 g/mol. The smallest absolute Gasteiger partial charge is 0.201 e. The van der Waals surface area contributed by atoms with Crippen molar-refractivity contribution in [2.75, 3.05) is 0 Å². The second kappa shape index (κ2) is 6.57. The third kappa shape index (κ3) is 2.88. The van der Waals surface area contributed by atoms with Crippen LogP contribution in [0.3, 0.4) is 0 Å². The largest absolute Gasteiger partial charge is 0.507 e. The Bertz CT molecular complexity index is 956. The molecule has 5 nitrogen and oxygen atoms in total. The minimum absolute atomic E-state index is 0.0669. The molecule has 0 radical (unpaired) electrons. The van der Waals surface area contributed by atoms with Crippen molar-refractivity contribution in [3.05, 3.63) is 56.6 Å². The lowest BCUT2D eigenvalue weighted by Crippen LogP contribution is -2.09.